The van der Waals surface area contributed by atoms with Crippen LogP contribution in [0.4, 0.5) is 5.00 Å². The molecular formula is C14H14ClN3OS. The summed E-state index contributed by atoms with van der Waals surface area (Å²) in [4.78, 5) is 22.3. The van der Waals surface area contributed by atoms with Crippen LogP contribution in [0, 0.1) is 11.8 Å². The Hall–Kier alpha value is -1.46. The maximum absolute atomic E-state index is 12.2. The van der Waals surface area contributed by atoms with Crippen molar-refractivity contribution >= 4 is 33.8 Å². The van der Waals surface area contributed by atoms with Crippen LogP contribution in [0.5, 0.6) is 0 Å². The summed E-state index contributed by atoms with van der Waals surface area (Å²) < 4.78 is 0. The summed E-state index contributed by atoms with van der Waals surface area (Å²) in [7, 11) is 1.76. The molecule has 0 radical (unpaired) electrons. The van der Waals surface area contributed by atoms with Crippen LogP contribution >= 0.6 is 22.9 Å². The highest BCUT2D eigenvalue weighted by molar-refractivity contribution is 7.19. The summed E-state index contributed by atoms with van der Waals surface area (Å²) in [6, 6.07) is 3.78. The van der Waals surface area contributed by atoms with Gasteiger partial charge in [-0.3, -0.25) is 9.78 Å². The number of amides is 1. The minimum Gasteiger partial charge on any atom is -0.304 e. The molecule has 1 aliphatic rings. The molecule has 6 heteroatoms. The SMILES string of the molecule is CC1CC1C(=O)N(C)c1sc(-c2cccnc2)nc1Cl. The van der Waals surface area contributed by atoms with E-state index in [0.717, 1.165) is 17.0 Å². The molecule has 1 saturated carbocycles. The van der Waals surface area contributed by atoms with E-state index < -0.39 is 0 Å². The van der Waals surface area contributed by atoms with Crippen molar-refractivity contribution in [3.8, 4) is 10.6 Å². The molecule has 4 nitrogen and oxygen atoms in total. The van der Waals surface area contributed by atoms with Gasteiger partial charge in [0.1, 0.15) is 10.0 Å². The van der Waals surface area contributed by atoms with Gasteiger partial charge in [0.25, 0.3) is 0 Å². The Balaban J connectivity index is 1.87. The minimum atomic E-state index is 0.126. The van der Waals surface area contributed by atoms with Gasteiger partial charge in [0.05, 0.1) is 0 Å². The first-order chi connectivity index (χ1) is 9.58. The second-order valence-corrected chi connectivity index (χ2v) is 6.41. The van der Waals surface area contributed by atoms with Crippen LogP contribution in [0.1, 0.15) is 13.3 Å². The van der Waals surface area contributed by atoms with Crippen molar-refractivity contribution in [3.63, 3.8) is 0 Å². The van der Waals surface area contributed by atoms with Gasteiger partial charge in [-0.15, -0.1) is 0 Å². The fourth-order valence-corrected chi connectivity index (χ4v) is 3.42. The predicted octanol–water partition coefficient (Wildman–Crippen LogP) is 3.48. The maximum Gasteiger partial charge on any atom is 0.230 e. The van der Waals surface area contributed by atoms with E-state index in [4.69, 9.17) is 11.6 Å². The molecule has 20 heavy (non-hydrogen) atoms. The van der Waals surface area contributed by atoms with Crippen molar-refractivity contribution in [2.75, 3.05) is 11.9 Å². The average molecular weight is 308 g/mol. The molecule has 2 heterocycles. The summed E-state index contributed by atoms with van der Waals surface area (Å²) in [6.45, 7) is 2.09. The van der Waals surface area contributed by atoms with Crippen LogP contribution in [0.15, 0.2) is 24.5 Å². The van der Waals surface area contributed by atoms with E-state index in [1.165, 1.54) is 11.3 Å². The Labute approximate surface area is 126 Å². The fourth-order valence-electron chi connectivity index (χ4n) is 2.13. The molecule has 0 bridgehead atoms. The molecule has 2 atom stereocenters. The topological polar surface area (TPSA) is 46.1 Å². The second-order valence-electron chi connectivity index (χ2n) is 5.07. The van der Waals surface area contributed by atoms with E-state index in [2.05, 4.69) is 16.9 Å². The molecule has 104 valence electrons. The van der Waals surface area contributed by atoms with Crippen molar-refractivity contribution < 1.29 is 4.79 Å². The maximum atomic E-state index is 12.2. The summed E-state index contributed by atoms with van der Waals surface area (Å²) in [5, 5.41) is 1.86. The van der Waals surface area contributed by atoms with Crippen molar-refractivity contribution in [3.05, 3.63) is 29.7 Å². The van der Waals surface area contributed by atoms with E-state index in [-0.39, 0.29) is 11.8 Å². The smallest absolute Gasteiger partial charge is 0.230 e. The summed E-state index contributed by atoms with van der Waals surface area (Å²) in [5.41, 5.74) is 0.909. The molecule has 0 N–H and O–H groups in total. The second kappa shape index (κ2) is 5.14. The van der Waals surface area contributed by atoms with Crippen LogP contribution in [-0.2, 0) is 4.79 Å². The zero-order chi connectivity index (χ0) is 14.3. The third-order valence-corrected chi connectivity index (χ3v) is 5.10. The summed E-state index contributed by atoms with van der Waals surface area (Å²) in [6.07, 6.45) is 4.42. The Kier molecular flexibility index (Phi) is 3.48. The van der Waals surface area contributed by atoms with Gasteiger partial charge in [-0.2, -0.15) is 0 Å². The van der Waals surface area contributed by atoms with E-state index in [1.54, 1.807) is 24.3 Å². The van der Waals surface area contributed by atoms with Crippen molar-refractivity contribution in [1.82, 2.24) is 9.97 Å². The number of aromatic nitrogens is 2. The van der Waals surface area contributed by atoms with E-state index in [1.807, 2.05) is 12.1 Å². The average Bonchev–Trinajstić information content (AvgIpc) is 3.06. The Morgan fingerprint density at radius 2 is 2.30 bits per heavy atom. The molecule has 1 aliphatic carbocycles. The van der Waals surface area contributed by atoms with Crippen molar-refractivity contribution in [1.29, 1.82) is 0 Å². The lowest BCUT2D eigenvalue weighted by molar-refractivity contribution is -0.119. The number of thiazole rings is 1. The number of hydrogen-bond acceptors (Lipinski definition) is 4. The van der Waals surface area contributed by atoms with Gasteiger partial charge in [-0.25, -0.2) is 4.98 Å². The van der Waals surface area contributed by atoms with Crippen LogP contribution in [-0.4, -0.2) is 22.9 Å². The van der Waals surface area contributed by atoms with Crippen molar-refractivity contribution in [2.45, 2.75) is 13.3 Å². The third-order valence-electron chi connectivity index (χ3n) is 3.54. The molecule has 2 unspecified atom stereocenters. The molecule has 1 fully saturated rings. The summed E-state index contributed by atoms with van der Waals surface area (Å²) >= 11 is 7.60. The van der Waals surface area contributed by atoms with Gasteiger partial charge in [-0.05, 0) is 24.5 Å². The Morgan fingerprint density at radius 3 is 2.90 bits per heavy atom. The lowest BCUT2D eigenvalue weighted by Gasteiger charge is -2.14. The van der Waals surface area contributed by atoms with Gasteiger partial charge < -0.3 is 4.90 Å². The van der Waals surface area contributed by atoms with E-state index in [9.17, 15) is 4.79 Å². The molecule has 0 aromatic carbocycles. The van der Waals surface area contributed by atoms with Crippen molar-refractivity contribution in [2.24, 2.45) is 11.8 Å². The van der Waals surface area contributed by atoms with Crippen LogP contribution < -0.4 is 4.90 Å². The summed E-state index contributed by atoms with van der Waals surface area (Å²) in [5.74, 6) is 0.746. The number of carbonyl (C=O) groups excluding carboxylic acids is 1. The van der Waals surface area contributed by atoms with Crippen LogP contribution in [0.25, 0.3) is 10.6 Å². The first kappa shape index (κ1) is 13.5. The standard InChI is InChI=1S/C14H14ClN3OS/c1-8-6-10(8)13(19)18(2)14-11(15)17-12(20-14)9-4-3-5-16-7-9/h3-5,7-8,10H,6H2,1-2H3. The van der Waals surface area contributed by atoms with Gasteiger partial charge in [0.15, 0.2) is 5.15 Å². The highest BCUT2D eigenvalue weighted by Crippen LogP contribution is 2.42. The molecule has 1 amide bonds. The lowest BCUT2D eigenvalue weighted by Crippen LogP contribution is -2.27. The van der Waals surface area contributed by atoms with Crippen LogP contribution in [0.2, 0.25) is 5.15 Å². The predicted molar refractivity (Wildman–Crippen MR) is 81.0 cm³/mol. The monoisotopic (exact) mass is 307 g/mol. The fraction of sp³-hybridized carbons (Fsp3) is 0.357. The Morgan fingerprint density at radius 1 is 1.55 bits per heavy atom. The van der Waals surface area contributed by atoms with Crippen LogP contribution in [0.3, 0.4) is 0 Å². The molecule has 2 aromatic rings. The molecular weight excluding hydrogens is 294 g/mol. The molecule has 0 saturated heterocycles. The first-order valence-electron chi connectivity index (χ1n) is 6.42. The quantitative estimate of drug-likeness (QED) is 0.872. The Bertz CT molecular complexity index is 643. The van der Waals surface area contributed by atoms with Gasteiger partial charge in [-0.1, -0.05) is 29.9 Å². The lowest BCUT2D eigenvalue weighted by atomic mass is 10.3. The normalized spacial score (nSPS) is 20.8. The highest BCUT2D eigenvalue weighted by atomic mass is 35.5. The number of hydrogen-bond donors (Lipinski definition) is 0. The number of halogens is 1. The molecule has 0 aliphatic heterocycles. The number of pyridine rings is 1. The third kappa shape index (κ3) is 2.43. The largest absolute Gasteiger partial charge is 0.304 e. The molecule has 0 spiro atoms. The number of rotatable bonds is 3. The van der Waals surface area contributed by atoms with E-state index >= 15 is 0 Å². The van der Waals surface area contributed by atoms with Gasteiger partial charge in [0, 0.05) is 30.9 Å². The number of anilines is 1. The molecule has 3 rings (SSSR count). The zero-order valence-electron chi connectivity index (χ0n) is 11.2. The minimum absolute atomic E-state index is 0.126. The number of carbonyl (C=O) groups is 1. The van der Waals surface area contributed by atoms with E-state index in [0.29, 0.717) is 16.1 Å². The zero-order valence-corrected chi connectivity index (χ0v) is 12.8. The number of nitrogens with zero attached hydrogens (tertiary/aromatic N) is 3. The van der Waals surface area contributed by atoms with Gasteiger partial charge in [0.2, 0.25) is 5.91 Å². The highest BCUT2D eigenvalue weighted by Gasteiger charge is 2.41. The van der Waals surface area contributed by atoms with Gasteiger partial charge >= 0.3 is 0 Å². The molecule has 2 aromatic heterocycles. The first-order valence-corrected chi connectivity index (χ1v) is 7.61.